The quantitative estimate of drug-likeness (QED) is 0.838. The SMILES string of the molecule is Cc1nc(-c2ccccc2CO[C@H]2CO[C@H](CO)[C@H]2O)no1. The molecular weight excluding hydrogens is 288 g/mol. The van der Waals surface area contributed by atoms with Gasteiger partial charge in [0.25, 0.3) is 0 Å². The van der Waals surface area contributed by atoms with Crippen LogP contribution in [0.25, 0.3) is 11.4 Å². The molecule has 7 heteroatoms. The van der Waals surface area contributed by atoms with E-state index in [1.54, 1.807) is 6.92 Å². The van der Waals surface area contributed by atoms with E-state index in [1.165, 1.54) is 0 Å². The molecule has 0 bridgehead atoms. The maximum atomic E-state index is 9.97. The first-order valence-corrected chi connectivity index (χ1v) is 7.09. The molecule has 3 atom stereocenters. The van der Waals surface area contributed by atoms with E-state index in [1.807, 2.05) is 24.3 Å². The van der Waals surface area contributed by atoms with E-state index in [0.717, 1.165) is 11.1 Å². The predicted molar refractivity (Wildman–Crippen MR) is 75.9 cm³/mol. The maximum Gasteiger partial charge on any atom is 0.223 e. The van der Waals surface area contributed by atoms with Gasteiger partial charge >= 0.3 is 0 Å². The maximum absolute atomic E-state index is 9.97. The molecule has 1 saturated heterocycles. The van der Waals surface area contributed by atoms with Gasteiger partial charge in [0.2, 0.25) is 11.7 Å². The van der Waals surface area contributed by atoms with E-state index < -0.39 is 18.3 Å². The Bertz CT molecular complexity index is 630. The van der Waals surface area contributed by atoms with Crippen molar-refractivity contribution in [2.45, 2.75) is 31.8 Å². The third-order valence-electron chi connectivity index (χ3n) is 3.66. The summed E-state index contributed by atoms with van der Waals surface area (Å²) < 4.78 is 16.0. The molecule has 3 rings (SSSR count). The van der Waals surface area contributed by atoms with Crippen LogP contribution < -0.4 is 0 Å². The second-order valence-corrected chi connectivity index (χ2v) is 5.19. The molecule has 1 fully saturated rings. The molecule has 1 aliphatic heterocycles. The van der Waals surface area contributed by atoms with Gasteiger partial charge in [-0.2, -0.15) is 4.98 Å². The van der Waals surface area contributed by atoms with Gasteiger partial charge < -0.3 is 24.2 Å². The number of aliphatic hydroxyl groups excluding tert-OH is 2. The second-order valence-electron chi connectivity index (χ2n) is 5.19. The number of aliphatic hydroxyl groups is 2. The van der Waals surface area contributed by atoms with E-state index >= 15 is 0 Å². The van der Waals surface area contributed by atoms with E-state index in [9.17, 15) is 5.11 Å². The molecule has 0 aliphatic carbocycles. The summed E-state index contributed by atoms with van der Waals surface area (Å²) in [4.78, 5) is 4.22. The van der Waals surface area contributed by atoms with E-state index in [0.29, 0.717) is 11.7 Å². The fourth-order valence-electron chi connectivity index (χ4n) is 2.43. The van der Waals surface area contributed by atoms with Crippen LogP contribution in [0.5, 0.6) is 0 Å². The minimum atomic E-state index is -0.829. The molecule has 22 heavy (non-hydrogen) atoms. The predicted octanol–water partition coefficient (Wildman–Crippen LogP) is 0.682. The van der Waals surface area contributed by atoms with Crippen LogP contribution in [0.4, 0.5) is 0 Å². The minimum absolute atomic E-state index is 0.222. The molecule has 7 nitrogen and oxygen atoms in total. The fourth-order valence-corrected chi connectivity index (χ4v) is 2.43. The highest BCUT2D eigenvalue weighted by Crippen LogP contribution is 2.24. The van der Waals surface area contributed by atoms with E-state index in [-0.39, 0.29) is 19.8 Å². The average Bonchev–Trinajstić information content (AvgIpc) is 3.11. The monoisotopic (exact) mass is 306 g/mol. The molecule has 118 valence electrons. The Morgan fingerprint density at radius 2 is 2.18 bits per heavy atom. The number of aromatic nitrogens is 2. The summed E-state index contributed by atoms with van der Waals surface area (Å²) in [7, 11) is 0. The van der Waals surface area contributed by atoms with E-state index in [4.69, 9.17) is 19.1 Å². The highest BCUT2D eigenvalue weighted by molar-refractivity contribution is 5.59. The lowest BCUT2D eigenvalue weighted by Gasteiger charge is -2.17. The smallest absolute Gasteiger partial charge is 0.223 e. The molecular formula is C15H18N2O5. The van der Waals surface area contributed by atoms with Crippen LogP contribution in [-0.2, 0) is 16.1 Å². The highest BCUT2D eigenvalue weighted by Gasteiger charge is 2.36. The lowest BCUT2D eigenvalue weighted by molar-refractivity contribution is -0.0339. The zero-order valence-electron chi connectivity index (χ0n) is 12.2. The van der Waals surface area contributed by atoms with Crippen LogP contribution >= 0.6 is 0 Å². The molecule has 1 aromatic carbocycles. The summed E-state index contributed by atoms with van der Waals surface area (Å²) in [6.07, 6.45) is -1.87. The average molecular weight is 306 g/mol. The third-order valence-corrected chi connectivity index (χ3v) is 3.66. The van der Waals surface area contributed by atoms with Gasteiger partial charge in [0.1, 0.15) is 18.3 Å². The Hall–Kier alpha value is -1.80. The molecule has 0 saturated carbocycles. The van der Waals surface area contributed by atoms with Crippen molar-refractivity contribution in [2.75, 3.05) is 13.2 Å². The van der Waals surface area contributed by atoms with Crippen molar-refractivity contribution in [2.24, 2.45) is 0 Å². The summed E-state index contributed by atoms with van der Waals surface area (Å²) in [5.74, 6) is 1.00. The number of aryl methyl sites for hydroxylation is 1. The lowest BCUT2D eigenvalue weighted by Crippen LogP contribution is -2.34. The van der Waals surface area contributed by atoms with Crippen LogP contribution in [0.2, 0.25) is 0 Å². The fraction of sp³-hybridized carbons (Fsp3) is 0.467. The van der Waals surface area contributed by atoms with Crippen molar-refractivity contribution < 1.29 is 24.2 Å². The van der Waals surface area contributed by atoms with Gasteiger partial charge in [-0.25, -0.2) is 0 Å². The van der Waals surface area contributed by atoms with Gasteiger partial charge in [0.05, 0.1) is 19.8 Å². The standard InChI is InChI=1S/C15H18N2O5/c1-9-16-15(17-22-9)11-5-3-2-4-10(11)7-20-13-8-21-12(6-18)14(13)19/h2-5,12-14,18-19H,6-8H2,1H3/t12-,13+,14-/m1/s1. The summed E-state index contributed by atoms with van der Waals surface area (Å²) in [5.41, 5.74) is 1.72. The molecule has 1 aromatic heterocycles. The first-order chi connectivity index (χ1) is 10.7. The summed E-state index contributed by atoms with van der Waals surface area (Å²) in [5, 5.41) is 23.0. The minimum Gasteiger partial charge on any atom is -0.394 e. The van der Waals surface area contributed by atoms with Gasteiger partial charge in [-0.1, -0.05) is 29.4 Å². The molecule has 2 aromatic rings. The Morgan fingerprint density at radius 3 is 2.86 bits per heavy atom. The number of nitrogens with zero attached hydrogens (tertiary/aromatic N) is 2. The van der Waals surface area contributed by atoms with Crippen molar-refractivity contribution in [3.05, 3.63) is 35.7 Å². The van der Waals surface area contributed by atoms with Crippen molar-refractivity contribution >= 4 is 0 Å². The van der Waals surface area contributed by atoms with Crippen molar-refractivity contribution in [3.63, 3.8) is 0 Å². The molecule has 0 radical (unpaired) electrons. The number of rotatable bonds is 5. The highest BCUT2D eigenvalue weighted by atomic mass is 16.6. The summed E-state index contributed by atoms with van der Waals surface area (Å²) >= 11 is 0. The Kier molecular flexibility index (Phi) is 4.49. The first-order valence-electron chi connectivity index (χ1n) is 7.09. The Labute approximate surface area is 127 Å². The Morgan fingerprint density at radius 1 is 1.36 bits per heavy atom. The zero-order chi connectivity index (χ0) is 15.5. The summed E-state index contributed by atoms with van der Waals surface area (Å²) in [6, 6.07) is 7.58. The number of hydrogen-bond acceptors (Lipinski definition) is 7. The van der Waals surface area contributed by atoms with Gasteiger partial charge in [-0.05, 0) is 5.56 Å². The lowest BCUT2D eigenvalue weighted by atomic mass is 10.1. The van der Waals surface area contributed by atoms with Crippen LogP contribution in [0.1, 0.15) is 11.5 Å². The van der Waals surface area contributed by atoms with Crippen molar-refractivity contribution in [1.29, 1.82) is 0 Å². The van der Waals surface area contributed by atoms with Crippen LogP contribution in [-0.4, -0.2) is 51.9 Å². The second kappa shape index (κ2) is 6.53. The van der Waals surface area contributed by atoms with Crippen LogP contribution in [0, 0.1) is 6.92 Å². The summed E-state index contributed by atoms with van der Waals surface area (Å²) in [6.45, 7) is 2.06. The van der Waals surface area contributed by atoms with Gasteiger partial charge in [-0.3, -0.25) is 0 Å². The normalized spacial score (nSPS) is 24.8. The van der Waals surface area contributed by atoms with Crippen LogP contribution in [0.3, 0.4) is 0 Å². The van der Waals surface area contributed by atoms with Crippen LogP contribution in [0.15, 0.2) is 28.8 Å². The Balaban J connectivity index is 1.71. The zero-order valence-corrected chi connectivity index (χ0v) is 12.2. The van der Waals surface area contributed by atoms with Gasteiger partial charge in [0.15, 0.2) is 0 Å². The third kappa shape index (κ3) is 3.02. The molecule has 1 aliphatic rings. The largest absolute Gasteiger partial charge is 0.394 e. The molecule has 0 spiro atoms. The number of ether oxygens (including phenoxy) is 2. The van der Waals surface area contributed by atoms with Gasteiger partial charge in [-0.15, -0.1) is 0 Å². The first kappa shape index (κ1) is 15.1. The number of benzene rings is 1. The van der Waals surface area contributed by atoms with Gasteiger partial charge in [0, 0.05) is 12.5 Å². The van der Waals surface area contributed by atoms with Crippen molar-refractivity contribution in [3.8, 4) is 11.4 Å². The van der Waals surface area contributed by atoms with Crippen molar-refractivity contribution in [1.82, 2.24) is 10.1 Å². The molecule has 2 N–H and O–H groups in total. The van der Waals surface area contributed by atoms with E-state index in [2.05, 4.69) is 10.1 Å². The molecule has 0 amide bonds. The molecule has 0 unspecified atom stereocenters. The number of hydrogen-bond donors (Lipinski definition) is 2. The molecule has 2 heterocycles. The topological polar surface area (TPSA) is 97.8 Å².